The van der Waals surface area contributed by atoms with Gasteiger partial charge in [0.1, 0.15) is 0 Å². The molecule has 0 saturated carbocycles. The van der Waals surface area contributed by atoms with E-state index in [2.05, 4.69) is 0 Å². The first-order chi connectivity index (χ1) is 7.34. The van der Waals surface area contributed by atoms with Crippen LogP contribution in [0.3, 0.4) is 0 Å². The molecule has 1 aliphatic heterocycles. The third-order valence-electron chi connectivity index (χ3n) is 2.21. The number of ketones is 3. The normalized spacial score (nSPS) is 20.0. The van der Waals surface area contributed by atoms with Gasteiger partial charge in [-0.05, 0) is 19.9 Å². The Morgan fingerprint density at radius 2 is 1.69 bits per heavy atom. The molecule has 0 bridgehead atoms. The molecule has 0 spiro atoms. The van der Waals surface area contributed by atoms with Crippen molar-refractivity contribution in [2.45, 2.75) is 27.0 Å². The molecule has 2 N–H and O–H groups in total. The van der Waals surface area contributed by atoms with Gasteiger partial charge in [0, 0.05) is 12.5 Å². The highest BCUT2D eigenvalue weighted by Gasteiger charge is 2.28. The van der Waals surface area contributed by atoms with E-state index in [-0.39, 0.29) is 34.3 Å². The lowest BCUT2D eigenvalue weighted by atomic mass is 9.97. The van der Waals surface area contributed by atoms with Crippen LogP contribution in [-0.2, 0) is 19.1 Å². The van der Waals surface area contributed by atoms with E-state index < -0.39 is 6.23 Å². The first-order valence-corrected chi connectivity index (χ1v) is 4.75. The second kappa shape index (κ2) is 4.40. The number of allylic oxidation sites excluding steroid dienone is 3. The molecular weight excluding hydrogens is 210 g/mol. The third-order valence-corrected chi connectivity index (χ3v) is 2.21. The second-order valence-corrected chi connectivity index (χ2v) is 3.54. The molecule has 1 atom stereocenters. The molecular formula is C11H13NO4. The minimum absolute atomic E-state index is 0.00250. The van der Waals surface area contributed by atoms with Gasteiger partial charge in [0.2, 0.25) is 0 Å². The molecule has 0 radical (unpaired) electrons. The average molecular weight is 223 g/mol. The van der Waals surface area contributed by atoms with Crippen molar-refractivity contribution in [3.05, 3.63) is 23.0 Å². The fourth-order valence-electron chi connectivity index (χ4n) is 1.46. The van der Waals surface area contributed by atoms with Crippen molar-refractivity contribution >= 4 is 17.3 Å². The van der Waals surface area contributed by atoms with E-state index in [1.54, 1.807) is 0 Å². The van der Waals surface area contributed by atoms with Crippen LogP contribution in [0.1, 0.15) is 20.8 Å². The molecule has 1 aliphatic rings. The Balaban J connectivity index is 3.35. The molecule has 0 fully saturated rings. The van der Waals surface area contributed by atoms with E-state index in [4.69, 9.17) is 10.5 Å². The Morgan fingerprint density at radius 3 is 2.06 bits per heavy atom. The van der Waals surface area contributed by atoms with Crippen molar-refractivity contribution < 1.29 is 19.1 Å². The molecule has 5 heteroatoms. The summed E-state index contributed by atoms with van der Waals surface area (Å²) >= 11 is 0. The number of carbonyl (C=O) groups excluding carboxylic acids is 3. The zero-order valence-corrected chi connectivity index (χ0v) is 9.37. The lowest BCUT2D eigenvalue weighted by Gasteiger charge is -2.23. The fourth-order valence-corrected chi connectivity index (χ4v) is 1.46. The lowest BCUT2D eigenvalue weighted by Crippen LogP contribution is -2.35. The van der Waals surface area contributed by atoms with Crippen molar-refractivity contribution in [3.63, 3.8) is 0 Å². The number of hydrogen-bond donors (Lipinski definition) is 1. The van der Waals surface area contributed by atoms with Crippen LogP contribution in [0.25, 0.3) is 0 Å². The summed E-state index contributed by atoms with van der Waals surface area (Å²) in [6.07, 6.45) is 0.213. The van der Waals surface area contributed by atoms with E-state index in [9.17, 15) is 14.4 Å². The summed E-state index contributed by atoms with van der Waals surface area (Å²) in [5.74, 6) is -0.987. The van der Waals surface area contributed by atoms with Crippen LogP contribution in [0.5, 0.6) is 0 Å². The van der Waals surface area contributed by atoms with Gasteiger partial charge in [-0.2, -0.15) is 0 Å². The second-order valence-electron chi connectivity index (χ2n) is 3.54. The molecule has 86 valence electrons. The lowest BCUT2D eigenvalue weighted by molar-refractivity contribution is -0.120. The van der Waals surface area contributed by atoms with Crippen molar-refractivity contribution in [1.29, 1.82) is 0 Å². The molecule has 0 aliphatic carbocycles. The average Bonchev–Trinajstić information content (AvgIpc) is 2.15. The summed E-state index contributed by atoms with van der Waals surface area (Å²) in [6.45, 7) is 3.91. The van der Waals surface area contributed by atoms with E-state index in [1.807, 2.05) is 0 Å². The summed E-state index contributed by atoms with van der Waals surface area (Å²) in [6, 6.07) is 0. The number of hydrogen-bond acceptors (Lipinski definition) is 5. The minimum atomic E-state index is -1.06. The highest BCUT2D eigenvalue weighted by molar-refractivity contribution is 6.09. The van der Waals surface area contributed by atoms with Gasteiger partial charge in [-0.15, -0.1) is 0 Å². The highest BCUT2D eigenvalue weighted by atomic mass is 16.5. The predicted molar refractivity (Wildman–Crippen MR) is 56.2 cm³/mol. The highest BCUT2D eigenvalue weighted by Crippen LogP contribution is 2.22. The summed E-state index contributed by atoms with van der Waals surface area (Å²) in [5.41, 5.74) is 5.85. The third kappa shape index (κ3) is 2.25. The van der Waals surface area contributed by atoms with Gasteiger partial charge in [0.05, 0.1) is 5.57 Å². The fraction of sp³-hybridized carbons (Fsp3) is 0.364. The predicted octanol–water partition coefficient (Wildman–Crippen LogP) is 0.249. The standard InChI is InChI=1S/C11H13NO4/c1-5(13)8-4-9(6(2)14)16-11(12)10(8)7(3)15/h4,11H,12H2,1-3H3. The number of ether oxygens (including phenoxy) is 1. The Bertz CT molecular complexity index is 431. The van der Waals surface area contributed by atoms with Crippen LogP contribution in [0, 0.1) is 0 Å². The molecule has 0 amide bonds. The van der Waals surface area contributed by atoms with Crippen LogP contribution in [0.15, 0.2) is 23.0 Å². The smallest absolute Gasteiger partial charge is 0.194 e. The number of rotatable bonds is 3. The van der Waals surface area contributed by atoms with E-state index >= 15 is 0 Å². The molecule has 16 heavy (non-hydrogen) atoms. The first kappa shape index (κ1) is 12.3. The van der Waals surface area contributed by atoms with Gasteiger partial charge in [-0.1, -0.05) is 0 Å². The summed E-state index contributed by atoms with van der Waals surface area (Å²) in [4.78, 5) is 33.8. The Kier molecular flexibility index (Phi) is 3.39. The van der Waals surface area contributed by atoms with Crippen LogP contribution >= 0.6 is 0 Å². The number of Topliss-reactive ketones (excluding diaryl/α,β-unsaturated/α-hetero) is 3. The van der Waals surface area contributed by atoms with Crippen LogP contribution in [-0.4, -0.2) is 23.6 Å². The summed E-state index contributed by atoms with van der Waals surface area (Å²) < 4.78 is 5.06. The maximum Gasteiger partial charge on any atom is 0.194 e. The van der Waals surface area contributed by atoms with Crippen molar-refractivity contribution in [2.75, 3.05) is 0 Å². The molecule has 1 rings (SSSR count). The van der Waals surface area contributed by atoms with Gasteiger partial charge in [0.25, 0.3) is 0 Å². The van der Waals surface area contributed by atoms with E-state index in [1.165, 1.54) is 26.8 Å². The molecule has 0 aromatic rings. The van der Waals surface area contributed by atoms with Crippen molar-refractivity contribution in [2.24, 2.45) is 5.73 Å². The SMILES string of the molecule is CC(=O)C1=CC(C(C)=O)=C(C(C)=O)C(N)O1. The molecule has 0 saturated heterocycles. The van der Waals surface area contributed by atoms with Crippen LogP contribution in [0.2, 0.25) is 0 Å². The molecule has 0 aromatic carbocycles. The topological polar surface area (TPSA) is 86.5 Å². The van der Waals surface area contributed by atoms with E-state index in [0.29, 0.717) is 0 Å². The van der Waals surface area contributed by atoms with Crippen LogP contribution < -0.4 is 5.73 Å². The zero-order valence-electron chi connectivity index (χ0n) is 9.37. The van der Waals surface area contributed by atoms with Gasteiger partial charge in [-0.25, -0.2) is 0 Å². The number of carbonyl (C=O) groups is 3. The summed E-state index contributed by atoms with van der Waals surface area (Å²) in [5, 5.41) is 0. The monoisotopic (exact) mass is 223 g/mol. The molecule has 1 heterocycles. The zero-order chi connectivity index (χ0) is 12.5. The largest absolute Gasteiger partial charge is 0.467 e. The maximum absolute atomic E-state index is 11.4. The molecule has 5 nitrogen and oxygen atoms in total. The molecule has 1 unspecified atom stereocenters. The maximum atomic E-state index is 11.4. The van der Waals surface area contributed by atoms with Gasteiger partial charge in [-0.3, -0.25) is 20.1 Å². The van der Waals surface area contributed by atoms with Gasteiger partial charge in [0.15, 0.2) is 29.3 Å². The van der Waals surface area contributed by atoms with E-state index in [0.717, 1.165) is 0 Å². The van der Waals surface area contributed by atoms with Gasteiger partial charge >= 0.3 is 0 Å². The number of nitrogens with two attached hydrogens (primary N) is 1. The minimum Gasteiger partial charge on any atom is -0.467 e. The first-order valence-electron chi connectivity index (χ1n) is 4.75. The molecule has 0 aromatic heterocycles. The Morgan fingerprint density at radius 1 is 1.12 bits per heavy atom. The van der Waals surface area contributed by atoms with Crippen molar-refractivity contribution in [1.82, 2.24) is 0 Å². The van der Waals surface area contributed by atoms with Gasteiger partial charge < -0.3 is 4.74 Å². The van der Waals surface area contributed by atoms with Crippen molar-refractivity contribution in [3.8, 4) is 0 Å². The van der Waals surface area contributed by atoms with Crippen LogP contribution in [0.4, 0.5) is 0 Å². The summed E-state index contributed by atoms with van der Waals surface area (Å²) in [7, 11) is 0. The quantitative estimate of drug-likeness (QED) is 0.741. The Hall–Kier alpha value is -1.75. The Labute approximate surface area is 92.9 Å².